The van der Waals surface area contributed by atoms with Gasteiger partial charge in [0.25, 0.3) is 0 Å². The van der Waals surface area contributed by atoms with Crippen molar-refractivity contribution < 1.29 is 9.53 Å². The van der Waals surface area contributed by atoms with Crippen molar-refractivity contribution in [2.75, 3.05) is 11.9 Å². The number of carbonyl (C=O) groups excluding carboxylic acids is 1. The van der Waals surface area contributed by atoms with E-state index in [1.165, 1.54) is 4.88 Å². The van der Waals surface area contributed by atoms with E-state index < -0.39 is 0 Å². The standard InChI is InChI=1S/C13H17N3O2S2/c1-3-18-12(17)5-4-10-8-19-13(16-10)15-7-11-14-6-9(2)20-11/h6,8H,3-5,7H2,1-2H3,(H,15,16). The smallest absolute Gasteiger partial charge is 0.306 e. The van der Waals surface area contributed by atoms with Gasteiger partial charge in [-0.25, -0.2) is 9.97 Å². The third-order valence-corrected chi connectivity index (χ3v) is 4.26. The minimum absolute atomic E-state index is 0.173. The summed E-state index contributed by atoms with van der Waals surface area (Å²) in [6.45, 7) is 4.96. The Morgan fingerprint density at radius 3 is 3.05 bits per heavy atom. The number of nitrogens with zero attached hydrogens (tertiary/aromatic N) is 2. The van der Waals surface area contributed by atoms with E-state index in [9.17, 15) is 4.79 Å². The van der Waals surface area contributed by atoms with Crippen LogP contribution in [0, 0.1) is 6.92 Å². The van der Waals surface area contributed by atoms with Gasteiger partial charge in [0, 0.05) is 22.9 Å². The third kappa shape index (κ3) is 4.57. The highest BCUT2D eigenvalue weighted by atomic mass is 32.1. The van der Waals surface area contributed by atoms with Crippen LogP contribution in [0.2, 0.25) is 0 Å². The Morgan fingerprint density at radius 2 is 2.35 bits per heavy atom. The lowest BCUT2D eigenvalue weighted by Crippen LogP contribution is -2.05. The third-order valence-electron chi connectivity index (χ3n) is 2.50. The first-order valence-electron chi connectivity index (χ1n) is 6.42. The largest absolute Gasteiger partial charge is 0.466 e. The van der Waals surface area contributed by atoms with Crippen LogP contribution in [0.25, 0.3) is 0 Å². The van der Waals surface area contributed by atoms with Gasteiger partial charge in [-0.1, -0.05) is 0 Å². The molecule has 0 amide bonds. The highest BCUT2D eigenvalue weighted by Gasteiger charge is 2.07. The molecule has 7 heteroatoms. The topological polar surface area (TPSA) is 64.1 Å². The van der Waals surface area contributed by atoms with Gasteiger partial charge in [0.1, 0.15) is 5.01 Å². The van der Waals surface area contributed by atoms with Crippen molar-refractivity contribution >= 4 is 33.8 Å². The number of esters is 1. The van der Waals surface area contributed by atoms with Crippen LogP contribution in [0.5, 0.6) is 0 Å². The number of nitrogens with one attached hydrogen (secondary N) is 1. The van der Waals surface area contributed by atoms with E-state index in [1.807, 2.05) is 25.4 Å². The van der Waals surface area contributed by atoms with Crippen LogP contribution in [0.4, 0.5) is 5.13 Å². The molecule has 0 spiro atoms. The summed E-state index contributed by atoms with van der Waals surface area (Å²) in [6.07, 6.45) is 2.87. The number of aromatic nitrogens is 2. The van der Waals surface area contributed by atoms with E-state index in [-0.39, 0.29) is 5.97 Å². The van der Waals surface area contributed by atoms with Crippen LogP contribution in [0.3, 0.4) is 0 Å². The quantitative estimate of drug-likeness (QED) is 0.796. The summed E-state index contributed by atoms with van der Waals surface area (Å²) in [5.74, 6) is -0.173. The fourth-order valence-electron chi connectivity index (χ4n) is 1.60. The van der Waals surface area contributed by atoms with Gasteiger partial charge in [0.05, 0.1) is 25.3 Å². The fourth-order valence-corrected chi connectivity index (χ4v) is 3.07. The molecule has 0 unspecified atom stereocenters. The minimum Gasteiger partial charge on any atom is -0.466 e. The maximum Gasteiger partial charge on any atom is 0.306 e. The molecule has 108 valence electrons. The second kappa shape index (κ2) is 7.35. The average Bonchev–Trinajstić information content (AvgIpc) is 3.03. The molecule has 5 nitrogen and oxygen atoms in total. The molecule has 20 heavy (non-hydrogen) atoms. The number of carbonyl (C=O) groups is 1. The molecule has 0 radical (unpaired) electrons. The van der Waals surface area contributed by atoms with Gasteiger partial charge in [0.2, 0.25) is 0 Å². The molecule has 0 bridgehead atoms. The van der Waals surface area contributed by atoms with Crippen LogP contribution in [-0.4, -0.2) is 22.5 Å². The maximum absolute atomic E-state index is 11.3. The second-order valence-electron chi connectivity index (χ2n) is 4.17. The molecule has 2 heterocycles. The van der Waals surface area contributed by atoms with E-state index >= 15 is 0 Å². The summed E-state index contributed by atoms with van der Waals surface area (Å²) in [7, 11) is 0. The number of rotatable bonds is 7. The molecule has 1 N–H and O–H groups in total. The van der Waals surface area contributed by atoms with Gasteiger partial charge >= 0.3 is 5.97 Å². The molecule has 2 aromatic rings. The number of thiazole rings is 2. The average molecular weight is 311 g/mol. The Hall–Kier alpha value is -1.47. The van der Waals surface area contributed by atoms with Gasteiger partial charge in [-0.05, 0) is 13.8 Å². The van der Waals surface area contributed by atoms with Gasteiger partial charge in [-0.2, -0.15) is 0 Å². The van der Waals surface area contributed by atoms with Crippen molar-refractivity contribution in [3.63, 3.8) is 0 Å². The van der Waals surface area contributed by atoms with Crippen LogP contribution in [0.1, 0.15) is 28.9 Å². The Morgan fingerprint density at radius 1 is 1.50 bits per heavy atom. The first-order chi connectivity index (χ1) is 9.67. The van der Waals surface area contributed by atoms with E-state index in [1.54, 1.807) is 22.7 Å². The monoisotopic (exact) mass is 311 g/mol. The van der Waals surface area contributed by atoms with Crippen LogP contribution >= 0.6 is 22.7 Å². The summed E-state index contributed by atoms with van der Waals surface area (Å²) in [5, 5.41) is 7.12. The lowest BCUT2D eigenvalue weighted by atomic mass is 10.2. The van der Waals surface area contributed by atoms with E-state index in [0.29, 0.717) is 26.0 Å². The number of ether oxygens (including phenoxy) is 1. The molecule has 0 saturated carbocycles. The summed E-state index contributed by atoms with van der Waals surface area (Å²) in [6, 6.07) is 0. The zero-order valence-corrected chi connectivity index (χ0v) is 13.1. The fraction of sp³-hybridized carbons (Fsp3) is 0.462. The molecule has 0 fully saturated rings. The molecule has 2 aromatic heterocycles. The lowest BCUT2D eigenvalue weighted by Gasteiger charge is -2.00. The number of aryl methyl sites for hydroxylation is 2. The SMILES string of the molecule is CCOC(=O)CCc1csc(NCc2ncc(C)s2)n1. The molecular weight excluding hydrogens is 294 g/mol. The molecule has 0 saturated heterocycles. The van der Waals surface area contributed by atoms with Crippen molar-refractivity contribution in [2.45, 2.75) is 33.2 Å². The molecule has 2 rings (SSSR count). The first-order valence-corrected chi connectivity index (χ1v) is 8.12. The van der Waals surface area contributed by atoms with Crippen LogP contribution in [0.15, 0.2) is 11.6 Å². The van der Waals surface area contributed by atoms with Crippen LogP contribution < -0.4 is 5.32 Å². The van der Waals surface area contributed by atoms with Crippen molar-refractivity contribution in [2.24, 2.45) is 0 Å². The zero-order chi connectivity index (χ0) is 14.4. The van der Waals surface area contributed by atoms with Crippen molar-refractivity contribution in [1.29, 1.82) is 0 Å². The Bertz CT molecular complexity index is 565. The van der Waals surface area contributed by atoms with E-state index in [4.69, 9.17) is 4.74 Å². The van der Waals surface area contributed by atoms with Crippen molar-refractivity contribution in [3.8, 4) is 0 Å². The summed E-state index contributed by atoms with van der Waals surface area (Å²) in [4.78, 5) is 21.2. The predicted molar refractivity (Wildman–Crippen MR) is 81.2 cm³/mol. The van der Waals surface area contributed by atoms with Crippen LogP contribution in [-0.2, 0) is 22.5 Å². The molecule has 0 aliphatic carbocycles. The molecule has 0 atom stereocenters. The first kappa shape index (κ1) is 14.9. The van der Waals surface area contributed by atoms with Gasteiger partial charge < -0.3 is 10.1 Å². The molecule has 0 aliphatic rings. The predicted octanol–water partition coefficient (Wildman–Crippen LogP) is 3.02. The Balaban J connectivity index is 1.78. The maximum atomic E-state index is 11.3. The number of hydrogen-bond donors (Lipinski definition) is 1. The normalized spacial score (nSPS) is 10.5. The number of anilines is 1. The minimum atomic E-state index is -0.173. The Kier molecular flexibility index (Phi) is 5.49. The summed E-state index contributed by atoms with van der Waals surface area (Å²) in [5.41, 5.74) is 0.917. The van der Waals surface area contributed by atoms with Crippen molar-refractivity contribution in [1.82, 2.24) is 9.97 Å². The Labute approximate surface area is 126 Å². The van der Waals surface area contributed by atoms with E-state index in [0.717, 1.165) is 15.8 Å². The highest BCUT2D eigenvalue weighted by Crippen LogP contribution is 2.19. The summed E-state index contributed by atoms with van der Waals surface area (Å²) >= 11 is 3.22. The molecular formula is C13H17N3O2S2. The van der Waals surface area contributed by atoms with Gasteiger partial charge in [-0.3, -0.25) is 4.79 Å². The number of hydrogen-bond acceptors (Lipinski definition) is 7. The molecule has 0 aliphatic heterocycles. The van der Waals surface area contributed by atoms with Crippen molar-refractivity contribution in [3.05, 3.63) is 27.2 Å². The van der Waals surface area contributed by atoms with Gasteiger partial charge in [-0.15, -0.1) is 22.7 Å². The van der Waals surface area contributed by atoms with E-state index in [2.05, 4.69) is 15.3 Å². The highest BCUT2D eigenvalue weighted by molar-refractivity contribution is 7.13. The molecule has 0 aromatic carbocycles. The second-order valence-corrected chi connectivity index (χ2v) is 6.34. The summed E-state index contributed by atoms with van der Waals surface area (Å²) < 4.78 is 4.89. The zero-order valence-electron chi connectivity index (χ0n) is 11.5. The lowest BCUT2D eigenvalue weighted by molar-refractivity contribution is -0.143. The van der Waals surface area contributed by atoms with Gasteiger partial charge in [0.15, 0.2) is 5.13 Å².